The molecule has 2 unspecified atom stereocenters. The first-order valence-electron chi connectivity index (χ1n) is 6.78. The number of carbonyl (C=O) groups excluding carboxylic acids is 1. The summed E-state index contributed by atoms with van der Waals surface area (Å²) in [5, 5.41) is 6.50. The highest BCUT2D eigenvalue weighted by Gasteiger charge is 2.32. The zero-order chi connectivity index (χ0) is 12.3. The van der Waals surface area contributed by atoms with Crippen LogP contribution in [0.15, 0.2) is 0 Å². The van der Waals surface area contributed by atoms with Gasteiger partial charge in [-0.05, 0) is 37.8 Å². The molecule has 4 heteroatoms. The lowest BCUT2D eigenvalue weighted by molar-refractivity contribution is -0.120. The fourth-order valence-electron chi connectivity index (χ4n) is 3.15. The lowest BCUT2D eigenvalue weighted by Gasteiger charge is -2.37. The fourth-order valence-corrected chi connectivity index (χ4v) is 3.15. The van der Waals surface area contributed by atoms with Gasteiger partial charge in [0.2, 0.25) is 5.91 Å². The number of amides is 1. The molecule has 2 fully saturated rings. The normalized spacial score (nSPS) is 34.8. The van der Waals surface area contributed by atoms with E-state index in [1.807, 2.05) is 0 Å². The van der Waals surface area contributed by atoms with Gasteiger partial charge in [-0.25, -0.2) is 0 Å². The fraction of sp³-hybridized carbons (Fsp3) is 0.923. The van der Waals surface area contributed by atoms with Crippen molar-refractivity contribution in [2.24, 2.45) is 5.41 Å². The first kappa shape index (κ1) is 12.8. The Labute approximate surface area is 104 Å². The number of likely N-dealkylation sites (tertiary alicyclic amines) is 1. The molecule has 1 amide bonds. The van der Waals surface area contributed by atoms with Crippen LogP contribution in [0.2, 0.25) is 0 Å². The van der Waals surface area contributed by atoms with Crippen molar-refractivity contribution in [1.29, 1.82) is 0 Å². The minimum absolute atomic E-state index is 0.102. The predicted octanol–water partition coefficient (Wildman–Crippen LogP) is 0.587. The van der Waals surface area contributed by atoms with Gasteiger partial charge < -0.3 is 15.5 Å². The number of carbonyl (C=O) groups is 1. The van der Waals surface area contributed by atoms with Crippen LogP contribution in [-0.4, -0.2) is 49.6 Å². The van der Waals surface area contributed by atoms with Crippen LogP contribution in [0.25, 0.3) is 0 Å². The molecule has 2 aliphatic heterocycles. The van der Waals surface area contributed by atoms with E-state index in [0.29, 0.717) is 11.5 Å². The molecule has 0 bridgehead atoms. The van der Waals surface area contributed by atoms with Gasteiger partial charge in [-0.1, -0.05) is 6.92 Å². The van der Waals surface area contributed by atoms with E-state index in [1.54, 1.807) is 6.92 Å². The van der Waals surface area contributed by atoms with Crippen LogP contribution in [0.5, 0.6) is 0 Å². The zero-order valence-electron chi connectivity index (χ0n) is 11.1. The molecule has 0 radical (unpaired) electrons. The van der Waals surface area contributed by atoms with Crippen molar-refractivity contribution in [2.75, 3.05) is 32.7 Å². The molecule has 2 heterocycles. The Morgan fingerprint density at radius 2 is 2.41 bits per heavy atom. The van der Waals surface area contributed by atoms with E-state index in [0.717, 1.165) is 32.6 Å². The van der Waals surface area contributed by atoms with Crippen LogP contribution in [0, 0.1) is 5.41 Å². The van der Waals surface area contributed by atoms with Gasteiger partial charge in [0.15, 0.2) is 0 Å². The third-order valence-electron chi connectivity index (χ3n) is 3.98. The summed E-state index contributed by atoms with van der Waals surface area (Å²) in [6.07, 6.45) is 3.60. The summed E-state index contributed by atoms with van der Waals surface area (Å²) in [5.41, 5.74) is 0.429. The third-order valence-corrected chi connectivity index (χ3v) is 3.98. The largest absolute Gasteiger partial charge is 0.352 e. The highest BCUT2D eigenvalue weighted by molar-refractivity contribution is 5.73. The average Bonchev–Trinajstić information content (AvgIpc) is 2.64. The van der Waals surface area contributed by atoms with E-state index in [1.165, 1.54) is 19.4 Å². The smallest absolute Gasteiger partial charge is 0.217 e. The molecule has 0 aromatic rings. The van der Waals surface area contributed by atoms with E-state index >= 15 is 0 Å². The Balaban J connectivity index is 1.82. The van der Waals surface area contributed by atoms with Crippen molar-refractivity contribution in [3.05, 3.63) is 0 Å². The van der Waals surface area contributed by atoms with E-state index in [4.69, 9.17) is 0 Å². The summed E-state index contributed by atoms with van der Waals surface area (Å²) in [6, 6.07) is 0.360. The SMILES string of the molecule is CC(=O)NC1CCCN(CC2(C)CCNC2)C1. The Morgan fingerprint density at radius 1 is 1.59 bits per heavy atom. The van der Waals surface area contributed by atoms with Gasteiger partial charge in [-0.3, -0.25) is 4.79 Å². The molecule has 0 aromatic heterocycles. The first-order chi connectivity index (χ1) is 8.07. The van der Waals surface area contributed by atoms with Crippen molar-refractivity contribution < 1.29 is 4.79 Å². The summed E-state index contributed by atoms with van der Waals surface area (Å²) in [4.78, 5) is 13.6. The minimum Gasteiger partial charge on any atom is -0.352 e. The molecule has 0 aromatic carbocycles. The molecule has 2 atom stereocenters. The number of hydrogen-bond donors (Lipinski definition) is 2. The van der Waals surface area contributed by atoms with E-state index in [2.05, 4.69) is 22.5 Å². The summed E-state index contributed by atoms with van der Waals surface area (Å²) >= 11 is 0. The average molecular weight is 239 g/mol. The van der Waals surface area contributed by atoms with Crippen LogP contribution in [0.4, 0.5) is 0 Å². The Kier molecular flexibility index (Phi) is 4.05. The van der Waals surface area contributed by atoms with Crippen molar-refractivity contribution >= 4 is 5.91 Å². The molecule has 2 saturated heterocycles. The first-order valence-corrected chi connectivity index (χ1v) is 6.78. The van der Waals surface area contributed by atoms with E-state index < -0.39 is 0 Å². The number of piperidine rings is 1. The van der Waals surface area contributed by atoms with Gasteiger partial charge in [0.1, 0.15) is 0 Å². The van der Waals surface area contributed by atoms with Crippen molar-refractivity contribution in [2.45, 2.75) is 39.2 Å². The van der Waals surface area contributed by atoms with Gasteiger partial charge in [0.25, 0.3) is 0 Å². The molecular formula is C13H25N3O. The maximum absolute atomic E-state index is 11.1. The van der Waals surface area contributed by atoms with Gasteiger partial charge in [0.05, 0.1) is 0 Å². The summed E-state index contributed by atoms with van der Waals surface area (Å²) in [6.45, 7) is 9.64. The van der Waals surface area contributed by atoms with Gasteiger partial charge >= 0.3 is 0 Å². The van der Waals surface area contributed by atoms with Gasteiger partial charge in [0, 0.05) is 32.6 Å². The maximum atomic E-state index is 11.1. The number of hydrogen-bond acceptors (Lipinski definition) is 3. The topological polar surface area (TPSA) is 44.4 Å². The minimum atomic E-state index is 0.102. The van der Waals surface area contributed by atoms with Gasteiger partial charge in [-0.15, -0.1) is 0 Å². The van der Waals surface area contributed by atoms with Crippen LogP contribution >= 0.6 is 0 Å². The summed E-state index contributed by atoms with van der Waals surface area (Å²) < 4.78 is 0. The number of nitrogens with zero attached hydrogens (tertiary/aromatic N) is 1. The molecule has 17 heavy (non-hydrogen) atoms. The highest BCUT2D eigenvalue weighted by Crippen LogP contribution is 2.27. The summed E-state index contributed by atoms with van der Waals surface area (Å²) in [5.74, 6) is 0.102. The molecule has 2 N–H and O–H groups in total. The van der Waals surface area contributed by atoms with Crippen LogP contribution in [0.3, 0.4) is 0 Å². The standard InChI is InChI=1S/C13H25N3O/c1-11(17)15-12-4-3-7-16(8-12)10-13(2)5-6-14-9-13/h12,14H,3-10H2,1-2H3,(H,15,17). The molecular weight excluding hydrogens is 214 g/mol. The quantitative estimate of drug-likeness (QED) is 0.757. The molecule has 0 spiro atoms. The van der Waals surface area contributed by atoms with E-state index in [-0.39, 0.29) is 5.91 Å². The van der Waals surface area contributed by atoms with Gasteiger partial charge in [-0.2, -0.15) is 0 Å². The molecule has 2 rings (SSSR count). The molecule has 4 nitrogen and oxygen atoms in total. The van der Waals surface area contributed by atoms with Crippen LogP contribution in [0.1, 0.15) is 33.1 Å². The Hall–Kier alpha value is -0.610. The van der Waals surface area contributed by atoms with Crippen molar-refractivity contribution in [3.8, 4) is 0 Å². The number of rotatable bonds is 3. The maximum Gasteiger partial charge on any atom is 0.217 e. The Bertz CT molecular complexity index is 274. The lowest BCUT2D eigenvalue weighted by Crippen LogP contribution is -2.50. The molecule has 0 saturated carbocycles. The molecule has 2 aliphatic rings. The molecule has 98 valence electrons. The highest BCUT2D eigenvalue weighted by atomic mass is 16.1. The number of nitrogens with one attached hydrogen (secondary N) is 2. The van der Waals surface area contributed by atoms with Crippen molar-refractivity contribution in [1.82, 2.24) is 15.5 Å². The lowest BCUT2D eigenvalue weighted by atomic mass is 9.88. The van der Waals surface area contributed by atoms with Crippen LogP contribution < -0.4 is 10.6 Å². The van der Waals surface area contributed by atoms with E-state index in [9.17, 15) is 4.79 Å². The second-order valence-electron chi connectivity index (χ2n) is 6.01. The molecule has 0 aliphatic carbocycles. The zero-order valence-corrected chi connectivity index (χ0v) is 11.1. The third kappa shape index (κ3) is 3.68. The van der Waals surface area contributed by atoms with Crippen molar-refractivity contribution in [3.63, 3.8) is 0 Å². The Morgan fingerprint density at radius 3 is 3.06 bits per heavy atom. The second kappa shape index (κ2) is 5.36. The monoisotopic (exact) mass is 239 g/mol. The summed E-state index contributed by atoms with van der Waals surface area (Å²) in [7, 11) is 0. The van der Waals surface area contributed by atoms with Crippen LogP contribution in [-0.2, 0) is 4.79 Å². The second-order valence-corrected chi connectivity index (χ2v) is 6.01. The predicted molar refractivity (Wildman–Crippen MR) is 68.9 cm³/mol.